The fourth-order valence-corrected chi connectivity index (χ4v) is 3.50. The maximum Gasteiger partial charge on any atom is 0.132 e. The van der Waals surface area contributed by atoms with Crippen LogP contribution in [0.3, 0.4) is 0 Å². The average molecular weight is 237 g/mol. The number of aryl methyl sites for hydroxylation is 1. The Labute approximate surface area is 101 Å². The maximum absolute atomic E-state index is 11.2. The van der Waals surface area contributed by atoms with Crippen LogP contribution in [-0.2, 0) is 4.79 Å². The summed E-state index contributed by atoms with van der Waals surface area (Å²) in [5, 5.41) is 1.24. The van der Waals surface area contributed by atoms with Crippen LogP contribution in [0.5, 0.6) is 0 Å². The van der Waals surface area contributed by atoms with Crippen molar-refractivity contribution >= 4 is 17.1 Å². The van der Waals surface area contributed by atoms with Gasteiger partial charge in [-0.2, -0.15) is 0 Å². The second-order valence-corrected chi connectivity index (χ2v) is 6.03. The highest BCUT2D eigenvalue weighted by Crippen LogP contribution is 2.37. The molecule has 16 heavy (non-hydrogen) atoms. The van der Waals surface area contributed by atoms with Crippen LogP contribution in [0.15, 0.2) is 0 Å². The summed E-state index contributed by atoms with van der Waals surface area (Å²) in [6, 6.07) is 0. The zero-order valence-electron chi connectivity index (χ0n) is 10.2. The second kappa shape index (κ2) is 4.66. The lowest BCUT2D eigenvalue weighted by Gasteiger charge is -2.19. The van der Waals surface area contributed by atoms with E-state index in [-0.39, 0.29) is 0 Å². The molecule has 0 saturated heterocycles. The molecule has 3 heteroatoms. The maximum atomic E-state index is 11.2. The Morgan fingerprint density at radius 3 is 2.44 bits per heavy atom. The predicted octanol–water partition coefficient (Wildman–Crippen LogP) is 3.80. The summed E-state index contributed by atoms with van der Waals surface area (Å²) in [7, 11) is 0. The first kappa shape index (κ1) is 11.8. The van der Waals surface area contributed by atoms with Crippen molar-refractivity contribution in [1.82, 2.24) is 4.98 Å². The highest BCUT2D eigenvalue weighted by atomic mass is 32.1. The standard InChI is InChI=1S/C13H19NOS/c1-8(2)13-14-9(3)12(16-13)10-4-6-11(15)7-5-10/h8,10H,4-7H2,1-3H3. The molecule has 0 atom stereocenters. The lowest BCUT2D eigenvalue weighted by molar-refractivity contribution is -0.120. The van der Waals surface area contributed by atoms with E-state index in [9.17, 15) is 4.79 Å². The smallest absolute Gasteiger partial charge is 0.132 e. The molecule has 0 aliphatic heterocycles. The van der Waals surface area contributed by atoms with Crippen molar-refractivity contribution in [3.63, 3.8) is 0 Å². The molecule has 1 aliphatic rings. The fraction of sp³-hybridized carbons (Fsp3) is 0.692. The molecule has 0 bridgehead atoms. The highest BCUT2D eigenvalue weighted by molar-refractivity contribution is 7.11. The van der Waals surface area contributed by atoms with Crippen molar-refractivity contribution in [1.29, 1.82) is 0 Å². The molecular formula is C13H19NOS. The minimum Gasteiger partial charge on any atom is -0.300 e. The molecule has 1 saturated carbocycles. The minimum absolute atomic E-state index is 0.433. The third kappa shape index (κ3) is 2.34. The van der Waals surface area contributed by atoms with E-state index in [0.29, 0.717) is 17.6 Å². The number of hydrogen-bond acceptors (Lipinski definition) is 3. The molecule has 1 aliphatic carbocycles. The summed E-state index contributed by atoms with van der Waals surface area (Å²) in [6.07, 6.45) is 3.58. The van der Waals surface area contributed by atoms with Crippen molar-refractivity contribution < 1.29 is 4.79 Å². The molecule has 1 aromatic heterocycles. The fourth-order valence-electron chi connectivity index (χ4n) is 2.26. The van der Waals surface area contributed by atoms with Crippen LogP contribution in [0.25, 0.3) is 0 Å². The normalized spacial score (nSPS) is 18.4. The van der Waals surface area contributed by atoms with Gasteiger partial charge in [0.2, 0.25) is 0 Å². The van der Waals surface area contributed by atoms with E-state index in [1.165, 1.54) is 15.6 Å². The monoisotopic (exact) mass is 237 g/mol. The third-order valence-electron chi connectivity index (χ3n) is 3.26. The summed E-state index contributed by atoms with van der Waals surface area (Å²) in [6.45, 7) is 6.48. The highest BCUT2D eigenvalue weighted by Gasteiger charge is 2.24. The molecule has 0 N–H and O–H groups in total. The number of rotatable bonds is 2. The number of hydrogen-bond donors (Lipinski definition) is 0. The van der Waals surface area contributed by atoms with Gasteiger partial charge in [-0.3, -0.25) is 4.79 Å². The Morgan fingerprint density at radius 1 is 1.31 bits per heavy atom. The van der Waals surface area contributed by atoms with E-state index < -0.39 is 0 Å². The zero-order valence-corrected chi connectivity index (χ0v) is 11.1. The van der Waals surface area contributed by atoms with Gasteiger partial charge >= 0.3 is 0 Å². The van der Waals surface area contributed by atoms with Crippen LogP contribution in [0.2, 0.25) is 0 Å². The van der Waals surface area contributed by atoms with Crippen molar-refractivity contribution in [3.8, 4) is 0 Å². The molecule has 88 valence electrons. The van der Waals surface area contributed by atoms with Gasteiger partial charge < -0.3 is 0 Å². The predicted molar refractivity (Wildman–Crippen MR) is 67.2 cm³/mol. The number of nitrogens with zero attached hydrogens (tertiary/aromatic N) is 1. The van der Waals surface area contributed by atoms with Crippen molar-refractivity contribution in [3.05, 3.63) is 15.6 Å². The molecular weight excluding hydrogens is 218 g/mol. The van der Waals surface area contributed by atoms with Crippen molar-refractivity contribution in [2.75, 3.05) is 0 Å². The molecule has 0 radical (unpaired) electrons. The van der Waals surface area contributed by atoms with Gasteiger partial charge in [-0.05, 0) is 25.7 Å². The van der Waals surface area contributed by atoms with Gasteiger partial charge in [-0.1, -0.05) is 13.8 Å². The van der Waals surface area contributed by atoms with Gasteiger partial charge in [0.1, 0.15) is 5.78 Å². The van der Waals surface area contributed by atoms with Gasteiger partial charge in [0.15, 0.2) is 0 Å². The largest absolute Gasteiger partial charge is 0.300 e. The number of Topliss-reactive ketones (excluding diaryl/α,β-unsaturated/α-hetero) is 1. The van der Waals surface area contributed by atoms with E-state index >= 15 is 0 Å². The lowest BCUT2D eigenvalue weighted by atomic mass is 9.87. The van der Waals surface area contributed by atoms with Crippen LogP contribution in [0.1, 0.15) is 66.9 Å². The Morgan fingerprint density at radius 2 is 1.94 bits per heavy atom. The summed E-state index contributed by atoms with van der Waals surface area (Å²) >= 11 is 1.85. The van der Waals surface area contributed by atoms with Gasteiger partial charge in [0.05, 0.1) is 10.7 Å². The lowest BCUT2D eigenvalue weighted by Crippen LogP contribution is -2.12. The van der Waals surface area contributed by atoms with Crippen LogP contribution in [0, 0.1) is 6.92 Å². The molecule has 1 fully saturated rings. The van der Waals surface area contributed by atoms with Crippen LogP contribution >= 0.6 is 11.3 Å². The second-order valence-electron chi connectivity index (χ2n) is 4.97. The number of ketones is 1. The molecule has 0 unspecified atom stereocenters. The van der Waals surface area contributed by atoms with Gasteiger partial charge in [-0.15, -0.1) is 11.3 Å². The summed E-state index contributed by atoms with van der Waals surface area (Å²) < 4.78 is 0. The van der Waals surface area contributed by atoms with Crippen molar-refractivity contribution in [2.24, 2.45) is 0 Å². The quantitative estimate of drug-likeness (QED) is 0.783. The first-order chi connectivity index (χ1) is 7.58. The number of carbonyl (C=O) groups excluding carboxylic acids is 1. The van der Waals surface area contributed by atoms with Gasteiger partial charge in [-0.25, -0.2) is 4.98 Å². The first-order valence-electron chi connectivity index (χ1n) is 6.07. The Kier molecular flexibility index (Phi) is 3.43. The topological polar surface area (TPSA) is 30.0 Å². The molecule has 1 heterocycles. The summed E-state index contributed by atoms with van der Waals surface area (Å²) in [5.41, 5.74) is 1.19. The molecule has 0 spiro atoms. The van der Waals surface area contributed by atoms with E-state index in [1.807, 2.05) is 11.3 Å². The van der Waals surface area contributed by atoms with E-state index in [4.69, 9.17) is 0 Å². The van der Waals surface area contributed by atoms with E-state index in [0.717, 1.165) is 25.7 Å². The van der Waals surface area contributed by atoms with Crippen LogP contribution in [-0.4, -0.2) is 10.8 Å². The molecule has 2 rings (SSSR count). The number of thiazole rings is 1. The van der Waals surface area contributed by atoms with Gasteiger partial charge in [0.25, 0.3) is 0 Å². The SMILES string of the molecule is Cc1nc(C(C)C)sc1C1CCC(=O)CC1. The average Bonchev–Trinajstić information content (AvgIpc) is 2.62. The van der Waals surface area contributed by atoms with E-state index in [1.54, 1.807) is 0 Å². The third-order valence-corrected chi connectivity index (χ3v) is 4.88. The van der Waals surface area contributed by atoms with Crippen LogP contribution in [0.4, 0.5) is 0 Å². The van der Waals surface area contributed by atoms with E-state index in [2.05, 4.69) is 25.8 Å². The summed E-state index contributed by atoms with van der Waals surface area (Å²) in [5.74, 6) is 1.54. The summed E-state index contributed by atoms with van der Waals surface area (Å²) in [4.78, 5) is 17.3. The Bertz CT molecular complexity index is 385. The zero-order chi connectivity index (χ0) is 11.7. The minimum atomic E-state index is 0.433. The molecule has 2 nitrogen and oxygen atoms in total. The Hall–Kier alpha value is -0.700. The Balaban J connectivity index is 2.17. The first-order valence-corrected chi connectivity index (χ1v) is 6.88. The molecule has 0 aromatic carbocycles. The van der Waals surface area contributed by atoms with Crippen LogP contribution < -0.4 is 0 Å². The number of carbonyl (C=O) groups is 1. The molecule has 1 aromatic rings. The van der Waals surface area contributed by atoms with Crippen molar-refractivity contribution in [2.45, 2.75) is 58.3 Å². The van der Waals surface area contributed by atoms with Gasteiger partial charge in [0, 0.05) is 23.6 Å². The molecule has 0 amide bonds. The number of aromatic nitrogens is 1.